The number of nitrogens with zero attached hydrogens (tertiary/aromatic N) is 1. The van der Waals surface area contributed by atoms with Crippen molar-refractivity contribution in [2.24, 2.45) is 17.6 Å². The number of rotatable bonds is 5. The number of hydrogen-bond acceptors (Lipinski definition) is 2. The summed E-state index contributed by atoms with van der Waals surface area (Å²) in [5.74, 6) is 1.51. The summed E-state index contributed by atoms with van der Waals surface area (Å²) in [6.45, 7) is 6.95. The fraction of sp³-hybridized carbons (Fsp3) is 0.923. The van der Waals surface area contributed by atoms with Crippen molar-refractivity contribution in [3.8, 4) is 0 Å². The summed E-state index contributed by atoms with van der Waals surface area (Å²) in [6.07, 6.45) is 5.23. The van der Waals surface area contributed by atoms with E-state index in [1.807, 2.05) is 4.90 Å². The van der Waals surface area contributed by atoms with Crippen molar-refractivity contribution in [1.29, 1.82) is 0 Å². The lowest BCUT2D eigenvalue weighted by atomic mass is 9.95. The Morgan fingerprint density at radius 3 is 2.56 bits per heavy atom. The second-order valence-corrected chi connectivity index (χ2v) is 5.16. The lowest BCUT2D eigenvalue weighted by molar-refractivity contribution is -0.133. The molecule has 3 heteroatoms. The molecule has 16 heavy (non-hydrogen) atoms. The van der Waals surface area contributed by atoms with Crippen LogP contribution in [0, 0.1) is 11.8 Å². The minimum atomic E-state index is 0.344. The average Bonchev–Trinajstić information content (AvgIpc) is 2.29. The maximum atomic E-state index is 12.0. The number of piperidine rings is 1. The second kappa shape index (κ2) is 6.89. The van der Waals surface area contributed by atoms with E-state index in [9.17, 15) is 4.79 Å². The van der Waals surface area contributed by atoms with Gasteiger partial charge in [-0.25, -0.2) is 0 Å². The number of nitrogens with two attached hydrogens (primary N) is 1. The van der Waals surface area contributed by atoms with Crippen molar-refractivity contribution < 1.29 is 4.79 Å². The molecule has 1 aliphatic rings. The molecule has 0 aromatic carbocycles. The third-order valence-electron chi connectivity index (χ3n) is 3.61. The summed E-state index contributed by atoms with van der Waals surface area (Å²) in [5, 5.41) is 0. The largest absolute Gasteiger partial charge is 0.343 e. The van der Waals surface area contributed by atoms with Gasteiger partial charge in [0.05, 0.1) is 0 Å². The van der Waals surface area contributed by atoms with E-state index < -0.39 is 0 Å². The lowest BCUT2D eigenvalue weighted by Crippen LogP contribution is -2.40. The zero-order chi connectivity index (χ0) is 12.0. The lowest BCUT2D eigenvalue weighted by Gasteiger charge is -2.32. The van der Waals surface area contributed by atoms with E-state index >= 15 is 0 Å². The zero-order valence-corrected chi connectivity index (χ0v) is 10.7. The molecule has 1 atom stereocenters. The number of carbonyl (C=O) groups excluding carboxylic acids is 1. The Morgan fingerprint density at radius 1 is 1.44 bits per heavy atom. The molecule has 1 rings (SSSR count). The average molecular weight is 226 g/mol. The summed E-state index contributed by atoms with van der Waals surface area (Å²) in [7, 11) is 0. The van der Waals surface area contributed by atoms with E-state index in [4.69, 9.17) is 5.73 Å². The minimum absolute atomic E-state index is 0.344. The molecule has 0 aromatic rings. The normalized spacial score (nSPS) is 19.8. The van der Waals surface area contributed by atoms with Crippen molar-refractivity contribution >= 4 is 5.91 Å². The van der Waals surface area contributed by atoms with Gasteiger partial charge in [0.1, 0.15) is 0 Å². The van der Waals surface area contributed by atoms with Crippen molar-refractivity contribution in [2.75, 3.05) is 19.6 Å². The number of hydrogen-bond donors (Lipinski definition) is 1. The molecule has 0 radical (unpaired) electrons. The van der Waals surface area contributed by atoms with Gasteiger partial charge >= 0.3 is 0 Å². The molecule has 1 heterocycles. The molecule has 3 nitrogen and oxygen atoms in total. The first kappa shape index (κ1) is 13.5. The standard InChI is InChI=1S/C13H26N2O/c1-3-4-11(2)9-13(16)15-7-5-12(10-14)6-8-15/h11-12H,3-10,14H2,1-2H3. The number of carbonyl (C=O) groups is 1. The molecule has 1 amide bonds. The van der Waals surface area contributed by atoms with Crippen LogP contribution in [0.2, 0.25) is 0 Å². The van der Waals surface area contributed by atoms with E-state index in [2.05, 4.69) is 13.8 Å². The summed E-state index contributed by atoms with van der Waals surface area (Å²) in [5.41, 5.74) is 5.64. The smallest absolute Gasteiger partial charge is 0.222 e. The third-order valence-corrected chi connectivity index (χ3v) is 3.61. The van der Waals surface area contributed by atoms with Crippen LogP contribution in [-0.4, -0.2) is 30.4 Å². The molecule has 0 bridgehead atoms. The first-order chi connectivity index (χ1) is 7.67. The van der Waals surface area contributed by atoms with E-state index in [0.717, 1.165) is 45.3 Å². The van der Waals surface area contributed by atoms with Gasteiger partial charge in [0.15, 0.2) is 0 Å². The van der Waals surface area contributed by atoms with Crippen LogP contribution in [0.1, 0.15) is 46.0 Å². The second-order valence-electron chi connectivity index (χ2n) is 5.16. The Balaban J connectivity index is 2.27. The zero-order valence-electron chi connectivity index (χ0n) is 10.7. The first-order valence-electron chi connectivity index (χ1n) is 6.65. The van der Waals surface area contributed by atoms with Crippen molar-refractivity contribution in [3.63, 3.8) is 0 Å². The van der Waals surface area contributed by atoms with Crippen molar-refractivity contribution in [1.82, 2.24) is 4.90 Å². The maximum absolute atomic E-state index is 12.0. The molecule has 1 unspecified atom stereocenters. The molecular formula is C13H26N2O. The van der Waals surface area contributed by atoms with Gasteiger partial charge in [0, 0.05) is 19.5 Å². The SMILES string of the molecule is CCCC(C)CC(=O)N1CCC(CN)CC1. The summed E-state index contributed by atoms with van der Waals surface area (Å²) < 4.78 is 0. The molecule has 1 saturated heterocycles. The van der Waals surface area contributed by atoms with Crippen LogP contribution >= 0.6 is 0 Å². The highest BCUT2D eigenvalue weighted by Gasteiger charge is 2.22. The third kappa shape index (κ3) is 4.12. The Morgan fingerprint density at radius 2 is 2.06 bits per heavy atom. The molecule has 2 N–H and O–H groups in total. The molecular weight excluding hydrogens is 200 g/mol. The van der Waals surface area contributed by atoms with Crippen LogP contribution < -0.4 is 5.73 Å². The van der Waals surface area contributed by atoms with Gasteiger partial charge < -0.3 is 10.6 Å². The van der Waals surface area contributed by atoms with Gasteiger partial charge in [-0.1, -0.05) is 26.7 Å². The van der Waals surface area contributed by atoms with Gasteiger partial charge in [-0.3, -0.25) is 4.79 Å². The van der Waals surface area contributed by atoms with Crippen LogP contribution in [0.4, 0.5) is 0 Å². The summed E-state index contributed by atoms with van der Waals surface area (Å²) in [4.78, 5) is 14.0. The van der Waals surface area contributed by atoms with Crippen LogP contribution in [-0.2, 0) is 4.79 Å². The molecule has 94 valence electrons. The molecule has 1 fully saturated rings. The maximum Gasteiger partial charge on any atom is 0.222 e. The predicted molar refractivity (Wildman–Crippen MR) is 67.0 cm³/mol. The van der Waals surface area contributed by atoms with Crippen LogP contribution in [0.25, 0.3) is 0 Å². The van der Waals surface area contributed by atoms with Gasteiger partial charge in [-0.15, -0.1) is 0 Å². The first-order valence-corrected chi connectivity index (χ1v) is 6.65. The predicted octanol–water partition coefficient (Wildman–Crippen LogP) is 2.01. The molecule has 0 saturated carbocycles. The fourth-order valence-corrected chi connectivity index (χ4v) is 2.44. The van der Waals surface area contributed by atoms with Crippen LogP contribution in [0.5, 0.6) is 0 Å². The highest BCUT2D eigenvalue weighted by molar-refractivity contribution is 5.76. The number of likely N-dealkylation sites (tertiary alicyclic amines) is 1. The number of amides is 1. The van der Waals surface area contributed by atoms with Crippen molar-refractivity contribution in [2.45, 2.75) is 46.0 Å². The van der Waals surface area contributed by atoms with Crippen LogP contribution in [0.3, 0.4) is 0 Å². The van der Waals surface area contributed by atoms with E-state index in [1.165, 1.54) is 6.42 Å². The molecule has 0 spiro atoms. The van der Waals surface area contributed by atoms with E-state index in [0.29, 0.717) is 17.7 Å². The molecule has 1 aliphatic heterocycles. The Bertz CT molecular complexity index is 210. The molecule has 0 aromatic heterocycles. The van der Waals surface area contributed by atoms with Gasteiger partial charge in [0.25, 0.3) is 0 Å². The highest BCUT2D eigenvalue weighted by Crippen LogP contribution is 2.18. The minimum Gasteiger partial charge on any atom is -0.343 e. The molecule has 0 aliphatic carbocycles. The highest BCUT2D eigenvalue weighted by atomic mass is 16.2. The van der Waals surface area contributed by atoms with Crippen LogP contribution in [0.15, 0.2) is 0 Å². The van der Waals surface area contributed by atoms with Gasteiger partial charge in [-0.05, 0) is 31.2 Å². The Labute approximate surface area is 99.4 Å². The Kier molecular flexibility index (Phi) is 5.81. The van der Waals surface area contributed by atoms with E-state index in [1.54, 1.807) is 0 Å². The topological polar surface area (TPSA) is 46.3 Å². The quantitative estimate of drug-likeness (QED) is 0.779. The summed E-state index contributed by atoms with van der Waals surface area (Å²) >= 11 is 0. The van der Waals surface area contributed by atoms with Gasteiger partial charge in [-0.2, -0.15) is 0 Å². The Hall–Kier alpha value is -0.570. The fourth-order valence-electron chi connectivity index (χ4n) is 2.44. The van der Waals surface area contributed by atoms with E-state index in [-0.39, 0.29) is 0 Å². The summed E-state index contributed by atoms with van der Waals surface area (Å²) in [6, 6.07) is 0. The van der Waals surface area contributed by atoms with Crippen molar-refractivity contribution in [3.05, 3.63) is 0 Å². The van der Waals surface area contributed by atoms with Gasteiger partial charge in [0.2, 0.25) is 5.91 Å². The monoisotopic (exact) mass is 226 g/mol.